The summed E-state index contributed by atoms with van der Waals surface area (Å²) in [5, 5.41) is 8.02. The Bertz CT molecular complexity index is 910. The first-order valence-electron chi connectivity index (χ1n) is 6.65. The number of aromatic nitrogens is 3. The average Bonchev–Trinajstić information content (AvgIpc) is 2.87. The Hall–Kier alpha value is -2.67. The fourth-order valence-corrected chi connectivity index (χ4v) is 2.39. The van der Waals surface area contributed by atoms with Crippen molar-refractivity contribution in [2.24, 2.45) is 0 Å². The largest absolute Gasteiger partial charge is 0.451 e. The van der Waals surface area contributed by atoms with Gasteiger partial charge in [-0.2, -0.15) is 9.78 Å². The molecule has 0 aliphatic heterocycles. The minimum absolute atomic E-state index is 0.185. The molecule has 0 aliphatic carbocycles. The number of nitrogens with one attached hydrogen (secondary N) is 1. The van der Waals surface area contributed by atoms with Crippen molar-refractivity contribution in [3.05, 3.63) is 47.1 Å². The lowest BCUT2D eigenvalue weighted by Gasteiger charge is -2.08. The van der Waals surface area contributed by atoms with Crippen LogP contribution in [0.1, 0.15) is 5.69 Å². The summed E-state index contributed by atoms with van der Waals surface area (Å²) in [5.74, 6) is -0.517. The van der Waals surface area contributed by atoms with Gasteiger partial charge in [0, 0.05) is 17.1 Å². The van der Waals surface area contributed by atoms with Crippen LogP contribution in [0.5, 0.6) is 0 Å². The lowest BCUT2D eigenvalue weighted by atomic mass is 10.2. The zero-order valence-corrected chi connectivity index (χ0v) is 13.1. The maximum Gasteiger partial charge on any atom is 0.434 e. The highest BCUT2D eigenvalue weighted by Gasteiger charge is 2.14. The molecule has 0 aliphatic rings. The van der Waals surface area contributed by atoms with Gasteiger partial charge in [0.05, 0.1) is 30.2 Å². The van der Waals surface area contributed by atoms with E-state index in [0.29, 0.717) is 16.9 Å². The van der Waals surface area contributed by atoms with Crippen LogP contribution in [0.3, 0.4) is 0 Å². The highest BCUT2D eigenvalue weighted by Crippen LogP contribution is 2.26. The normalized spacial score (nSPS) is 10.8. The van der Waals surface area contributed by atoms with Crippen LogP contribution < -0.4 is 5.32 Å². The van der Waals surface area contributed by atoms with Crippen LogP contribution in [0, 0.1) is 12.7 Å². The summed E-state index contributed by atoms with van der Waals surface area (Å²) in [6.45, 7) is 1.77. The number of pyridine rings is 1. The molecule has 0 radical (unpaired) electrons. The van der Waals surface area contributed by atoms with Gasteiger partial charge < -0.3 is 10.1 Å². The first kappa shape index (κ1) is 15.2. The van der Waals surface area contributed by atoms with Gasteiger partial charge in [0.25, 0.3) is 0 Å². The number of carbonyl (C=O) groups excluding carboxylic acids is 1. The monoisotopic (exact) mass is 334 g/mol. The molecule has 8 heteroatoms. The molecule has 0 saturated carbocycles. The number of hydrogen-bond acceptors (Lipinski definition) is 5. The van der Waals surface area contributed by atoms with Crippen LogP contribution in [-0.2, 0) is 4.74 Å². The number of benzene rings is 1. The van der Waals surface area contributed by atoms with Crippen molar-refractivity contribution in [2.45, 2.75) is 6.92 Å². The topological polar surface area (TPSA) is 69.0 Å². The van der Waals surface area contributed by atoms with E-state index < -0.39 is 11.9 Å². The van der Waals surface area contributed by atoms with E-state index in [1.54, 1.807) is 25.1 Å². The van der Waals surface area contributed by atoms with Crippen LogP contribution in [-0.4, -0.2) is 28.0 Å². The number of aryl methyl sites for hydroxylation is 1. The van der Waals surface area contributed by atoms with Crippen LogP contribution in [0.4, 0.5) is 20.6 Å². The van der Waals surface area contributed by atoms with Crippen molar-refractivity contribution >= 4 is 40.0 Å². The Morgan fingerprint density at radius 2 is 2.17 bits per heavy atom. The van der Waals surface area contributed by atoms with Gasteiger partial charge in [0.1, 0.15) is 5.15 Å². The summed E-state index contributed by atoms with van der Waals surface area (Å²) in [7, 11) is 1.29. The van der Waals surface area contributed by atoms with E-state index in [1.807, 2.05) is 0 Å². The quantitative estimate of drug-likeness (QED) is 0.720. The second-order valence-corrected chi connectivity index (χ2v) is 5.20. The number of methoxy groups -OCH3 is 1. The number of nitrogens with zero attached hydrogens (tertiary/aromatic N) is 3. The molecule has 0 bridgehead atoms. The van der Waals surface area contributed by atoms with Crippen LogP contribution >= 0.6 is 11.6 Å². The fraction of sp³-hybridized carbons (Fsp3) is 0.133. The highest BCUT2D eigenvalue weighted by molar-refractivity contribution is 6.29. The highest BCUT2D eigenvalue weighted by atomic mass is 35.5. The maximum atomic E-state index is 13.7. The van der Waals surface area contributed by atoms with Gasteiger partial charge in [-0.3, -0.25) is 0 Å². The second-order valence-electron chi connectivity index (χ2n) is 4.81. The molecule has 2 heterocycles. The van der Waals surface area contributed by atoms with E-state index in [4.69, 9.17) is 11.6 Å². The summed E-state index contributed by atoms with van der Waals surface area (Å²) in [4.78, 5) is 15.4. The molecule has 2 aromatic heterocycles. The predicted octanol–water partition coefficient (Wildman–Crippen LogP) is 3.89. The Morgan fingerprint density at radius 3 is 2.91 bits per heavy atom. The third-order valence-corrected chi connectivity index (χ3v) is 3.52. The molecule has 0 amide bonds. The minimum Gasteiger partial charge on any atom is -0.451 e. The molecule has 3 aromatic rings. The zero-order valence-electron chi connectivity index (χ0n) is 12.3. The van der Waals surface area contributed by atoms with Crippen LogP contribution in [0.15, 0.2) is 30.5 Å². The SMILES string of the molecule is COC(=O)n1nc(C)c2cc(Nc3cc(Cl)ncc3F)ccc21. The molecule has 0 atom stereocenters. The molecule has 3 rings (SSSR count). The van der Waals surface area contributed by atoms with E-state index in [1.165, 1.54) is 17.9 Å². The van der Waals surface area contributed by atoms with E-state index in [2.05, 4.69) is 20.1 Å². The molecule has 118 valence electrons. The number of anilines is 2. The number of hydrogen-bond donors (Lipinski definition) is 1. The van der Waals surface area contributed by atoms with Crippen molar-refractivity contribution in [1.82, 2.24) is 14.8 Å². The first-order chi connectivity index (χ1) is 11.0. The predicted molar refractivity (Wildman–Crippen MR) is 84.8 cm³/mol. The van der Waals surface area contributed by atoms with Crippen LogP contribution in [0.25, 0.3) is 10.9 Å². The third-order valence-electron chi connectivity index (χ3n) is 3.31. The average molecular weight is 335 g/mol. The van der Waals surface area contributed by atoms with Gasteiger partial charge in [-0.25, -0.2) is 14.2 Å². The molecular formula is C15H12ClFN4O2. The standard InChI is InChI=1S/C15H12ClFN4O2/c1-8-10-5-9(19-12-6-14(16)18-7-11(12)17)3-4-13(10)21(20-8)15(22)23-2/h3-7H,1-2H3,(H,18,19). The maximum absolute atomic E-state index is 13.7. The lowest BCUT2D eigenvalue weighted by molar-refractivity contribution is 0.170. The molecule has 0 unspecified atom stereocenters. The Labute approximate surface area is 135 Å². The lowest BCUT2D eigenvalue weighted by Crippen LogP contribution is -2.12. The number of fused-ring (bicyclic) bond motifs is 1. The van der Waals surface area contributed by atoms with Gasteiger partial charge in [0.15, 0.2) is 5.82 Å². The summed E-state index contributed by atoms with van der Waals surface area (Å²) in [5.41, 5.74) is 2.10. The van der Waals surface area contributed by atoms with Crippen molar-refractivity contribution in [1.29, 1.82) is 0 Å². The van der Waals surface area contributed by atoms with E-state index in [9.17, 15) is 9.18 Å². The van der Waals surface area contributed by atoms with Gasteiger partial charge in [0.2, 0.25) is 0 Å². The summed E-state index contributed by atoms with van der Waals surface area (Å²) < 4.78 is 19.6. The minimum atomic E-state index is -0.573. The summed E-state index contributed by atoms with van der Waals surface area (Å²) in [6.07, 6.45) is 0.472. The Kier molecular flexibility index (Phi) is 3.87. The number of halogens is 2. The molecule has 23 heavy (non-hydrogen) atoms. The Morgan fingerprint density at radius 1 is 1.39 bits per heavy atom. The van der Waals surface area contributed by atoms with Crippen molar-refractivity contribution < 1.29 is 13.9 Å². The fourth-order valence-electron chi connectivity index (χ4n) is 2.24. The number of ether oxygens (including phenoxy) is 1. The van der Waals surface area contributed by atoms with Gasteiger partial charge >= 0.3 is 6.09 Å². The molecular weight excluding hydrogens is 323 g/mol. The molecule has 0 spiro atoms. The molecule has 0 saturated heterocycles. The van der Waals surface area contributed by atoms with E-state index in [-0.39, 0.29) is 10.8 Å². The molecule has 6 nitrogen and oxygen atoms in total. The van der Waals surface area contributed by atoms with E-state index >= 15 is 0 Å². The van der Waals surface area contributed by atoms with Gasteiger partial charge in [-0.05, 0) is 25.1 Å². The summed E-state index contributed by atoms with van der Waals surface area (Å²) in [6, 6.07) is 6.57. The van der Waals surface area contributed by atoms with Crippen LogP contribution in [0.2, 0.25) is 5.15 Å². The third kappa shape index (κ3) is 2.83. The van der Waals surface area contributed by atoms with Gasteiger partial charge in [-0.15, -0.1) is 0 Å². The molecule has 0 fully saturated rings. The van der Waals surface area contributed by atoms with E-state index in [0.717, 1.165) is 11.6 Å². The number of rotatable bonds is 2. The zero-order chi connectivity index (χ0) is 16.6. The second kappa shape index (κ2) is 5.85. The first-order valence-corrected chi connectivity index (χ1v) is 7.03. The molecule has 1 aromatic carbocycles. The van der Waals surface area contributed by atoms with Gasteiger partial charge in [-0.1, -0.05) is 11.6 Å². The van der Waals surface area contributed by atoms with Crippen molar-refractivity contribution in [3.63, 3.8) is 0 Å². The number of carbonyl (C=O) groups is 1. The van der Waals surface area contributed by atoms with Crippen molar-refractivity contribution in [3.8, 4) is 0 Å². The molecule has 1 N–H and O–H groups in total. The Balaban J connectivity index is 2.02. The van der Waals surface area contributed by atoms with Crippen molar-refractivity contribution in [2.75, 3.05) is 12.4 Å². The smallest absolute Gasteiger partial charge is 0.434 e. The summed E-state index contributed by atoms with van der Waals surface area (Å²) >= 11 is 5.77.